The molecule has 0 spiro atoms. The van der Waals surface area contributed by atoms with E-state index in [1.54, 1.807) is 0 Å². The van der Waals surface area contributed by atoms with Gasteiger partial charge in [-0.15, -0.1) is 11.3 Å². The molecule has 1 aromatic heterocycles. The highest BCUT2D eigenvalue weighted by Gasteiger charge is 2.30. The Labute approximate surface area is 82.8 Å². The molecule has 2 heterocycles. The van der Waals surface area contributed by atoms with Crippen molar-refractivity contribution in [3.05, 3.63) is 22.4 Å². The minimum absolute atomic E-state index is 0.326. The van der Waals surface area contributed by atoms with Crippen molar-refractivity contribution in [2.75, 3.05) is 20.2 Å². The fraction of sp³-hybridized carbons (Fsp3) is 0.600. The van der Waals surface area contributed by atoms with Gasteiger partial charge in [-0.05, 0) is 30.8 Å². The number of hydrogen-bond donors (Lipinski definition) is 1. The van der Waals surface area contributed by atoms with Gasteiger partial charge in [0, 0.05) is 24.1 Å². The predicted octanol–water partition coefficient (Wildman–Crippen LogP) is 1.73. The van der Waals surface area contributed by atoms with Gasteiger partial charge in [-0.3, -0.25) is 4.90 Å². The fourth-order valence-corrected chi connectivity index (χ4v) is 2.96. The molecule has 1 aromatic rings. The topological polar surface area (TPSA) is 23.5 Å². The van der Waals surface area contributed by atoms with Gasteiger partial charge in [0.2, 0.25) is 0 Å². The smallest absolute Gasteiger partial charge is 0.0472 e. The summed E-state index contributed by atoms with van der Waals surface area (Å²) in [5, 5.41) is 11.2. The summed E-state index contributed by atoms with van der Waals surface area (Å²) in [4.78, 5) is 3.77. The molecule has 2 rings (SSSR count). The van der Waals surface area contributed by atoms with Gasteiger partial charge in [-0.25, -0.2) is 0 Å². The largest absolute Gasteiger partial charge is 0.396 e. The molecule has 0 amide bonds. The first-order chi connectivity index (χ1) is 6.31. The Kier molecular flexibility index (Phi) is 2.67. The second kappa shape index (κ2) is 3.78. The van der Waals surface area contributed by atoms with Gasteiger partial charge >= 0.3 is 0 Å². The minimum Gasteiger partial charge on any atom is -0.396 e. The number of thiophene rings is 1. The second-order valence-corrected chi connectivity index (χ2v) is 4.73. The molecule has 1 saturated heterocycles. The van der Waals surface area contributed by atoms with Crippen molar-refractivity contribution in [1.82, 2.24) is 4.90 Å². The first kappa shape index (κ1) is 9.19. The van der Waals surface area contributed by atoms with Gasteiger partial charge in [0.25, 0.3) is 0 Å². The van der Waals surface area contributed by atoms with Crippen LogP contribution in [-0.4, -0.2) is 30.2 Å². The van der Waals surface area contributed by atoms with E-state index in [-0.39, 0.29) is 0 Å². The molecule has 1 aliphatic rings. The highest BCUT2D eigenvalue weighted by atomic mass is 32.1. The third kappa shape index (κ3) is 1.77. The summed E-state index contributed by atoms with van der Waals surface area (Å²) in [7, 11) is 2.14. The molecule has 0 aromatic carbocycles. The summed E-state index contributed by atoms with van der Waals surface area (Å²) in [5.41, 5.74) is 0. The minimum atomic E-state index is 0.326. The molecule has 0 saturated carbocycles. The monoisotopic (exact) mass is 197 g/mol. The molecule has 13 heavy (non-hydrogen) atoms. The van der Waals surface area contributed by atoms with E-state index in [9.17, 15) is 0 Å². The summed E-state index contributed by atoms with van der Waals surface area (Å²) in [6, 6.07) is 4.82. The first-order valence-corrected chi connectivity index (χ1v) is 5.53. The van der Waals surface area contributed by atoms with Gasteiger partial charge in [-0.2, -0.15) is 0 Å². The molecule has 3 heteroatoms. The lowest BCUT2D eigenvalue weighted by Crippen LogP contribution is -2.18. The fourth-order valence-electron chi connectivity index (χ4n) is 2.05. The number of nitrogens with zero attached hydrogens (tertiary/aromatic N) is 1. The average molecular weight is 197 g/mol. The van der Waals surface area contributed by atoms with E-state index in [0.29, 0.717) is 18.6 Å². The van der Waals surface area contributed by atoms with Gasteiger partial charge in [-0.1, -0.05) is 6.07 Å². The third-order valence-corrected chi connectivity index (χ3v) is 3.74. The molecule has 0 radical (unpaired) electrons. The van der Waals surface area contributed by atoms with Crippen LogP contribution in [0.2, 0.25) is 0 Å². The van der Waals surface area contributed by atoms with E-state index in [1.807, 2.05) is 11.3 Å². The van der Waals surface area contributed by atoms with Gasteiger partial charge < -0.3 is 5.11 Å². The Balaban J connectivity index is 2.09. The molecule has 0 unspecified atom stereocenters. The van der Waals surface area contributed by atoms with Crippen LogP contribution in [0.25, 0.3) is 0 Å². The zero-order valence-electron chi connectivity index (χ0n) is 7.81. The van der Waals surface area contributed by atoms with E-state index >= 15 is 0 Å². The van der Waals surface area contributed by atoms with Crippen LogP contribution in [-0.2, 0) is 0 Å². The van der Waals surface area contributed by atoms with Crippen LogP contribution in [0.1, 0.15) is 17.3 Å². The lowest BCUT2D eigenvalue weighted by molar-refractivity contribution is 0.227. The van der Waals surface area contributed by atoms with Gasteiger partial charge in [0.05, 0.1) is 0 Å². The molecular weight excluding hydrogens is 182 g/mol. The van der Waals surface area contributed by atoms with Crippen LogP contribution in [0.4, 0.5) is 0 Å². The Morgan fingerprint density at radius 3 is 3.08 bits per heavy atom. The Bertz CT molecular complexity index is 260. The zero-order chi connectivity index (χ0) is 9.26. The van der Waals surface area contributed by atoms with E-state index in [1.165, 1.54) is 4.88 Å². The zero-order valence-corrected chi connectivity index (χ0v) is 8.63. The van der Waals surface area contributed by atoms with Crippen molar-refractivity contribution in [3.63, 3.8) is 0 Å². The number of rotatable bonds is 2. The van der Waals surface area contributed by atoms with Crippen molar-refractivity contribution in [1.29, 1.82) is 0 Å². The molecular formula is C10H15NOS. The van der Waals surface area contributed by atoms with Crippen LogP contribution in [0.3, 0.4) is 0 Å². The van der Waals surface area contributed by atoms with Crippen molar-refractivity contribution >= 4 is 11.3 Å². The standard InChI is InChI=1S/C10H15NOS/c1-11-6-8(7-12)5-9(11)10-3-2-4-13-10/h2-4,8-9,12H,5-7H2,1H3/t8-,9+/m0/s1. The maximum atomic E-state index is 9.08. The van der Waals surface area contributed by atoms with Crippen LogP contribution in [0, 0.1) is 5.92 Å². The van der Waals surface area contributed by atoms with E-state index in [2.05, 4.69) is 29.5 Å². The van der Waals surface area contributed by atoms with Gasteiger partial charge in [0.1, 0.15) is 0 Å². The second-order valence-electron chi connectivity index (χ2n) is 3.76. The molecule has 2 nitrogen and oxygen atoms in total. The molecule has 72 valence electrons. The van der Waals surface area contributed by atoms with E-state index in [4.69, 9.17) is 5.11 Å². The number of aliphatic hydroxyl groups excluding tert-OH is 1. The van der Waals surface area contributed by atoms with Crippen molar-refractivity contribution < 1.29 is 5.11 Å². The molecule has 1 fully saturated rings. The van der Waals surface area contributed by atoms with Crippen LogP contribution in [0.15, 0.2) is 17.5 Å². The van der Waals surface area contributed by atoms with Crippen LogP contribution < -0.4 is 0 Å². The first-order valence-electron chi connectivity index (χ1n) is 4.65. The maximum absolute atomic E-state index is 9.08. The van der Waals surface area contributed by atoms with Crippen LogP contribution in [0.5, 0.6) is 0 Å². The number of aliphatic hydroxyl groups is 1. The van der Waals surface area contributed by atoms with Crippen molar-refractivity contribution in [3.8, 4) is 0 Å². The Hall–Kier alpha value is -0.380. The number of hydrogen-bond acceptors (Lipinski definition) is 3. The maximum Gasteiger partial charge on any atom is 0.0472 e. The summed E-state index contributed by atoms with van der Waals surface area (Å²) in [6.45, 7) is 1.35. The molecule has 1 aliphatic heterocycles. The van der Waals surface area contributed by atoms with E-state index in [0.717, 1.165) is 13.0 Å². The third-order valence-electron chi connectivity index (χ3n) is 2.76. The Morgan fingerprint density at radius 2 is 2.54 bits per heavy atom. The summed E-state index contributed by atoms with van der Waals surface area (Å²) >= 11 is 1.81. The van der Waals surface area contributed by atoms with Crippen molar-refractivity contribution in [2.45, 2.75) is 12.5 Å². The van der Waals surface area contributed by atoms with E-state index < -0.39 is 0 Å². The highest BCUT2D eigenvalue weighted by molar-refractivity contribution is 7.10. The summed E-state index contributed by atoms with van der Waals surface area (Å²) < 4.78 is 0. The van der Waals surface area contributed by atoms with Crippen LogP contribution >= 0.6 is 11.3 Å². The number of likely N-dealkylation sites (tertiary alicyclic amines) is 1. The highest BCUT2D eigenvalue weighted by Crippen LogP contribution is 2.35. The average Bonchev–Trinajstić information content (AvgIpc) is 2.72. The molecule has 0 aliphatic carbocycles. The lowest BCUT2D eigenvalue weighted by Gasteiger charge is -2.17. The predicted molar refractivity (Wildman–Crippen MR) is 54.9 cm³/mol. The SMILES string of the molecule is CN1C[C@@H](CO)C[C@@H]1c1cccs1. The van der Waals surface area contributed by atoms with Crippen molar-refractivity contribution in [2.24, 2.45) is 5.92 Å². The van der Waals surface area contributed by atoms with Gasteiger partial charge in [0.15, 0.2) is 0 Å². The molecule has 1 N–H and O–H groups in total. The summed E-state index contributed by atoms with van der Waals surface area (Å²) in [6.07, 6.45) is 1.10. The Morgan fingerprint density at radius 1 is 1.69 bits per heavy atom. The summed E-state index contributed by atoms with van der Waals surface area (Å²) in [5.74, 6) is 0.470. The lowest BCUT2D eigenvalue weighted by atomic mass is 10.1. The molecule has 2 atom stereocenters. The quantitative estimate of drug-likeness (QED) is 0.780. The normalized spacial score (nSPS) is 29.7. The molecule has 0 bridgehead atoms.